The highest BCUT2D eigenvalue weighted by Crippen LogP contribution is 1.90. The molecule has 0 aromatic carbocycles. The van der Waals surface area contributed by atoms with E-state index in [1.807, 2.05) is 6.92 Å². The van der Waals surface area contributed by atoms with Crippen LogP contribution in [0.3, 0.4) is 0 Å². The molecule has 0 rings (SSSR count). The molecule has 3 heteroatoms. The molecule has 0 bridgehead atoms. The van der Waals surface area contributed by atoms with Crippen molar-refractivity contribution in [3.63, 3.8) is 0 Å². The third-order valence-electron chi connectivity index (χ3n) is 0.920. The van der Waals surface area contributed by atoms with E-state index >= 15 is 0 Å². The van der Waals surface area contributed by atoms with Gasteiger partial charge in [0.05, 0.1) is 12.4 Å². The van der Waals surface area contributed by atoms with Crippen LogP contribution in [0.15, 0.2) is 17.4 Å². The van der Waals surface area contributed by atoms with Crippen LogP contribution < -0.4 is 5.32 Å². The molecule has 0 fully saturated rings. The lowest BCUT2D eigenvalue weighted by Crippen LogP contribution is -2.19. The molecule has 1 N–H and O–H groups in total. The maximum Gasteiger partial charge on any atom is 0.114 e. The summed E-state index contributed by atoms with van der Waals surface area (Å²) in [5.41, 5.74) is 0. The molecule has 0 aliphatic carbocycles. The van der Waals surface area contributed by atoms with Gasteiger partial charge in [-0.1, -0.05) is 6.58 Å². The van der Waals surface area contributed by atoms with Crippen molar-refractivity contribution in [1.29, 1.82) is 0 Å². The molecule has 58 valence electrons. The Morgan fingerprint density at radius 1 is 1.70 bits per heavy atom. The van der Waals surface area contributed by atoms with Crippen molar-refractivity contribution in [2.45, 2.75) is 13.8 Å². The van der Waals surface area contributed by atoms with Crippen LogP contribution in [0.2, 0.25) is 0 Å². The Bertz CT molecular complexity index is 141. The number of halogens is 1. The Morgan fingerprint density at radius 2 is 2.30 bits per heavy atom. The van der Waals surface area contributed by atoms with Crippen LogP contribution in [0.25, 0.3) is 0 Å². The highest BCUT2D eigenvalue weighted by molar-refractivity contribution is 5.79. The van der Waals surface area contributed by atoms with Crippen molar-refractivity contribution < 1.29 is 4.39 Å². The molecule has 0 aliphatic heterocycles. The van der Waals surface area contributed by atoms with E-state index in [2.05, 4.69) is 16.9 Å². The highest BCUT2D eigenvalue weighted by atomic mass is 19.1. The summed E-state index contributed by atoms with van der Waals surface area (Å²) in [6, 6.07) is 0. The van der Waals surface area contributed by atoms with E-state index in [0.717, 1.165) is 12.4 Å². The first-order valence-corrected chi connectivity index (χ1v) is 3.25. The van der Waals surface area contributed by atoms with E-state index in [0.29, 0.717) is 0 Å². The molecule has 0 unspecified atom stereocenters. The lowest BCUT2D eigenvalue weighted by Gasteiger charge is -1.99. The molecule has 0 saturated heterocycles. The van der Waals surface area contributed by atoms with Crippen LogP contribution in [-0.2, 0) is 0 Å². The third kappa shape index (κ3) is 5.28. The summed E-state index contributed by atoms with van der Waals surface area (Å²) in [6.45, 7) is 7.73. The van der Waals surface area contributed by atoms with Gasteiger partial charge < -0.3 is 5.32 Å². The monoisotopic (exact) mass is 144 g/mol. The second-order valence-corrected chi connectivity index (χ2v) is 1.95. The van der Waals surface area contributed by atoms with Crippen molar-refractivity contribution in [2.24, 2.45) is 4.99 Å². The summed E-state index contributed by atoms with van der Waals surface area (Å²) in [5.74, 6) is 0.346. The van der Waals surface area contributed by atoms with Gasteiger partial charge in [-0.15, -0.1) is 0 Å². The molecule has 0 radical (unpaired) electrons. The van der Waals surface area contributed by atoms with Crippen LogP contribution in [0, 0.1) is 0 Å². The second kappa shape index (κ2) is 4.97. The molecule has 0 aromatic heterocycles. The first kappa shape index (κ1) is 9.14. The van der Waals surface area contributed by atoms with Crippen molar-refractivity contribution in [3.8, 4) is 0 Å². The summed E-state index contributed by atoms with van der Waals surface area (Å²) in [6.07, 6.45) is 0. The largest absolute Gasteiger partial charge is 0.374 e. The number of nitrogens with zero attached hydrogens (tertiary/aromatic N) is 1. The average Bonchev–Trinajstić information content (AvgIpc) is 1.85. The fourth-order valence-electron chi connectivity index (χ4n) is 0.516. The lowest BCUT2D eigenvalue weighted by atomic mass is 10.5. The van der Waals surface area contributed by atoms with E-state index in [1.165, 1.54) is 0 Å². The number of nitrogens with one attached hydrogen (secondary N) is 1. The molecule has 0 aliphatic rings. The zero-order valence-corrected chi connectivity index (χ0v) is 6.45. The fraction of sp³-hybridized carbons (Fsp3) is 0.571. The van der Waals surface area contributed by atoms with Crippen molar-refractivity contribution in [3.05, 3.63) is 12.4 Å². The third-order valence-corrected chi connectivity index (χ3v) is 0.920. The Morgan fingerprint density at radius 3 is 2.70 bits per heavy atom. The second-order valence-electron chi connectivity index (χ2n) is 1.95. The SMILES string of the molecule is C=C(F)CN=C(C)NCC. The van der Waals surface area contributed by atoms with E-state index in [9.17, 15) is 4.39 Å². The molecule has 0 heterocycles. The minimum absolute atomic E-state index is 0.0683. The minimum Gasteiger partial charge on any atom is -0.374 e. The summed E-state index contributed by atoms with van der Waals surface area (Å²) in [4.78, 5) is 3.84. The van der Waals surface area contributed by atoms with Gasteiger partial charge in [-0.05, 0) is 13.8 Å². The topological polar surface area (TPSA) is 24.4 Å². The zero-order chi connectivity index (χ0) is 7.98. The molecular formula is C7H13FN2. The van der Waals surface area contributed by atoms with Crippen LogP contribution in [-0.4, -0.2) is 18.9 Å². The van der Waals surface area contributed by atoms with Gasteiger partial charge in [-0.25, -0.2) is 4.39 Å². The van der Waals surface area contributed by atoms with Crippen LogP contribution in [0.4, 0.5) is 4.39 Å². The standard InChI is InChI=1S/C7H13FN2/c1-4-9-7(3)10-5-6(2)8/h2,4-5H2,1,3H3,(H,9,10). The molecule has 0 saturated carbocycles. The van der Waals surface area contributed by atoms with Gasteiger partial charge >= 0.3 is 0 Å². The van der Waals surface area contributed by atoms with E-state index in [-0.39, 0.29) is 6.54 Å². The van der Waals surface area contributed by atoms with Crippen LogP contribution >= 0.6 is 0 Å². The molecule has 0 aromatic rings. The van der Waals surface area contributed by atoms with E-state index in [1.54, 1.807) is 6.92 Å². The van der Waals surface area contributed by atoms with Crippen molar-refractivity contribution in [1.82, 2.24) is 5.32 Å². The van der Waals surface area contributed by atoms with E-state index in [4.69, 9.17) is 0 Å². The summed E-state index contributed by atoms with van der Waals surface area (Å²) < 4.78 is 12.0. The zero-order valence-electron chi connectivity index (χ0n) is 6.45. The van der Waals surface area contributed by atoms with Gasteiger partial charge in [0, 0.05) is 6.54 Å². The Kier molecular flexibility index (Phi) is 4.54. The van der Waals surface area contributed by atoms with Crippen LogP contribution in [0.1, 0.15) is 13.8 Å². The summed E-state index contributed by atoms with van der Waals surface area (Å²) >= 11 is 0. The fourth-order valence-corrected chi connectivity index (χ4v) is 0.516. The summed E-state index contributed by atoms with van der Waals surface area (Å²) in [5, 5.41) is 2.94. The Hall–Kier alpha value is -0.860. The van der Waals surface area contributed by atoms with Gasteiger partial charge in [0.1, 0.15) is 5.83 Å². The number of hydrogen-bond acceptors (Lipinski definition) is 1. The molecule has 10 heavy (non-hydrogen) atoms. The number of hydrogen-bond donors (Lipinski definition) is 1. The number of aliphatic imine (C=N–C) groups is 1. The predicted molar refractivity (Wildman–Crippen MR) is 41.9 cm³/mol. The predicted octanol–water partition coefficient (Wildman–Crippen LogP) is 1.50. The van der Waals surface area contributed by atoms with Gasteiger partial charge in [0.2, 0.25) is 0 Å². The van der Waals surface area contributed by atoms with Crippen molar-refractivity contribution in [2.75, 3.05) is 13.1 Å². The number of amidine groups is 1. The molecule has 2 nitrogen and oxygen atoms in total. The molecular weight excluding hydrogens is 131 g/mol. The van der Waals surface area contributed by atoms with E-state index < -0.39 is 5.83 Å². The highest BCUT2D eigenvalue weighted by Gasteiger charge is 1.87. The van der Waals surface area contributed by atoms with Crippen molar-refractivity contribution >= 4 is 5.84 Å². The van der Waals surface area contributed by atoms with Gasteiger partial charge in [-0.2, -0.15) is 0 Å². The van der Waals surface area contributed by atoms with Gasteiger partial charge in [0.25, 0.3) is 0 Å². The lowest BCUT2D eigenvalue weighted by molar-refractivity contribution is 0.623. The van der Waals surface area contributed by atoms with Gasteiger partial charge in [0.15, 0.2) is 0 Å². The van der Waals surface area contributed by atoms with Crippen LogP contribution in [0.5, 0.6) is 0 Å². The first-order chi connectivity index (χ1) is 4.66. The smallest absolute Gasteiger partial charge is 0.114 e. The molecule has 0 spiro atoms. The normalized spacial score (nSPS) is 11.3. The first-order valence-electron chi connectivity index (χ1n) is 3.25. The minimum atomic E-state index is -0.405. The molecule has 0 amide bonds. The summed E-state index contributed by atoms with van der Waals surface area (Å²) in [7, 11) is 0. The quantitative estimate of drug-likeness (QED) is 0.471. The Labute approximate surface area is 60.9 Å². The molecule has 0 atom stereocenters. The maximum atomic E-state index is 12.0. The van der Waals surface area contributed by atoms with Gasteiger partial charge in [-0.3, -0.25) is 4.99 Å². The average molecular weight is 144 g/mol. The maximum absolute atomic E-state index is 12.0. The number of rotatable bonds is 3. The Balaban J connectivity index is 3.57.